The maximum absolute atomic E-state index is 13.0. The molecule has 1 aromatic carbocycles. The van der Waals surface area contributed by atoms with Gasteiger partial charge in [0, 0.05) is 11.6 Å². The summed E-state index contributed by atoms with van der Waals surface area (Å²) in [7, 11) is 0. The first-order valence-electron chi connectivity index (χ1n) is 8.81. The molecule has 1 N–H and O–H groups in total. The highest BCUT2D eigenvalue weighted by atomic mass is 16.3. The van der Waals surface area contributed by atoms with E-state index >= 15 is 0 Å². The van der Waals surface area contributed by atoms with E-state index in [1.807, 2.05) is 38.1 Å². The minimum Gasteiger partial charge on any atom is -0.493 e. The number of benzene rings is 1. The lowest BCUT2D eigenvalue weighted by Crippen LogP contribution is -2.24. The fourth-order valence-electron chi connectivity index (χ4n) is 3.55. The van der Waals surface area contributed by atoms with Crippen molar-refractivity contribution in [2.24, 2.45) is 10.2 Å². The molecule has 0 atom stereocenters. The fourth-order valence-corrected chi connectivity index (χ4v) is 3.55. The molecule has 0 unspecified atom stereocenters. The molecule has 0 aliphatic heterocycles. The van der Waals surface area contributed by atoms with Crippen molar-refractivity contribution in [3.05, 3.63) is 50.8 Å². The van der Waals surface area contributed by atoms with Crippen LogP contribution >= 0.6 is 0 Å². The van der Waals surface area contributed by atoms with Crippen molar-refractivity contribution in [1.29, 1.82) is 5.26 Å². The van der Waals surface area contributed by atoms with E-state index in [0.29, 0.717) is 11.3 Å². The summed E-state index contributed by atoms with van der Waals surface area (Å²) in [5, 5.41) is 28.3. The molecule has 134 valence electrons. The average molecular weight is 350 g/mol. The molecule has 1 saturated carbocycles. The third kappa shape index (κ3) is 3.13. The van der Waals surface area contributed by atoms with Crippen LogP contribution in [0.15, 0.2) is 33.2 Å². The lowest BCUT2D eigenvalue weighted by molar-refractivity contribution is 0.368. The number of aryl methyl sites for hydroxylation is 2. The van der Waals surface area contributed by atoms with Gasteiger partial charge in [-0.3, -0.25) is 9.36 Å². The van der Waals surface area contributed by atoms with Gasteiger partial charge in [0.15, 0.2) is 5.69 Å². The molecule has 1 aliphatic carbocycles. The molecule has 6 heteroatoms. The Kier molecular flexibility index (Phi) is 4.90. The Balaban J connectivity index is 2.14. The number of pyridine rings is 1. The minimum absolute atomic E-state index is 0.0890. The van der Waals surface area contributed by atoms with Crippen LogP contribution in [0.25, 0.3) is 0 Å². The molecule has 0 amide bonds. The fraction of sp³-hybridized carbons (Fsp3) is 0.400. The standard InChI is InChI=1S/C20H22N4O2/c1-12-8-9-17(13(2)10-12)22-23-18-14(3)16(11-21)19(25)24(20(18)26)15-6-4-5-7-15/h8-10,15,25H,4-7H2,1-3H3. The van der Waals surface area contributed by atoms with Crippen LogP contribution in [0, 0.1) is 32.1 Å². The zero-order valence-electron chi connectivity index (χ0n) is 15.3. The Morgan fingerprint density at radius 3 is 2.50 bits per heavy atom. The minimum atomic E-state index is -0.389. The molecule has 0 bridgehead atoms. The van der Waals surface area contributed by atoms with E-state index in [0.717, 1.165) is 36.8 Å². The highest BCUT2D eigenvalue weighted by Crippen LogP contribution is 2.35. The average Bonchev–Trinajstić information content (AvgIpc) is 3.11. The normalized spacial score (nSPS) is 14.8. The van der Waals surface area contributed by atoms with Crippen LogP contribution in [0.1, 0.15) is 54.0 Å². The van der Waals surface area contributed by atoms with Crippen LogP contribution < -0.4 is 5.56 Å². The van der Waals surface area contributed by atoms with Gasteiger partial charge in [0.05, 0.1) is 5.69 Å². The summed E-state index contributed by atoms with van der Waals surface area (Å²) < 4.78 is 1.33. The second-order valence-corrected chi connectivity index (χ2v) is 6.89. The van der Waals surface area contributed by atoms with E-state index in [2.05, 4.69) is 10.2 Å². The van der Waals surface area contributed by atoms with E-state index in [9.17, 15) is 15.2 Å². The van der Waals surface area contributed by atoms with E-state index in [1.165, 1.54) is 4.57 Å². The molecule has 1 aromatic heterocycles. The van der Waals surface area contributed by atoms with Crippen LogP contribution in [0.4, 0.5) is 11.4 Å². The van der Waals surface area contributed by atoms with Crippen LogP contribution in [-0.2, 0) is 0 Å². The first kappa shape index (κ1) is 17.9. The summed E-state index contributed by atoms with van der Waals surface area (Å²) in [4.78, 5) is 13.0. The molecule has 6 nitrogen and oxygen atoms in total. The monoisotopic (exact) mass is 350 g/mol. The predicted molar refractivity (Wildman–Crippen MR) is 99.4 cm³/mol. The zero-order chi connectivity index (χ0) is 18.8. The molecule has 1 heterocycles. The van der Waals surface area contributed by atoms with Crippen molar-refractivity contribution < 1.29 is 5.11 Å². The Morgan fingerprint density at radius 1 is 1.19 bits per heavy atom. The predicted octanol–water partition coefficient (Wildman–Crippen LogP) is 4.88. The largest absolute Gasteiger partial charge is 0.493 e. The van der Waals surface area contributed by atoms with Crippen molar-refractivity contribution in [3.63, 3.8) is 0 Å². The van der Waals surface area contributed by atoms with E-state index in [-0.39, 0.29) is 28.7 Å². The second kappa shape index (κ2) is 7.12. The molecular weight excluding hydrogens is 328 g/mol. The summed E-state index contributed by atoms with van der Waals surface area (Å²) >= 11 is 0. The van der Waals surface area contributed by atoms with Gasteiger partial charge in [-0.15, -0.1) is 5.11 Å². The molecule has 26 heavy (non-hydrogen) atoms. The van der Waals surface area contributed by atoms with Gasteiger partial charge < -0.3 is 5.11 Å². The van der Waals surface area contributed by atoms with Crippen LogP contribution in [0.5, 0.6) is 5.88 Å². The van der Waals surface area contributed by atoms with Crippen molar-refractivity contribution in [3.8, 4) is 11.9 Å². The summed E-state index contributed by atoms with van der Waals surface area (Å²) in [6.45, 7) is 5.55. The Labute approximate surface area is 152 Å². The lowest BCUT2D eigenvalue weighted by atomic mass is 10.1. The van der Waals surface area contributed by atoms with Gasteiger partial charge >= 0.3 is 0 Å². The smallest absolute Gasteiger partial charge is 0.281 e. The summed E-state index contributed by atoms with van der Waals surface area (Å²) in [5.74, 6) is -0.257. The number of aromatic nitrogens is 1. The van der Waals surface area contributed by atoms with Gasteiger partial charge in [0.1, 0.15) is 11.6 Å². The summed E-state index contributed by atoms with van der Waals surface area (Å²) in [6.07, 6.45) is 3.64. The zero-order valence-corrected chi connectivity index (χ0v) is 15.3. The molecule has 2 aromatic rings. The molecule has 0 saturated heterocycles. The molecule has 3 rings (SSSR count). The van der Waals surface area contributed by atoms with Crippen molar-refractivity contribution in [1.82, 2.24) is 4.57 Å². The molecular formula is C20H22N4O2. The van der Waals surface area contributed by atoms with Gasteiger partial charge in [-0.05, 0) is 45.2 Å². The Hall–Kier alpha value is -2.94. The number of azo groups is 1. The highest BCUT2D eigenvalue weighted by Gasteiger charge is 2.26. The van der Waals surface area contributed by atoms with Gasteiger partial charge in [-0.1, -0.05) is 30.5 Å². The van der Waals surface area contributed by atoms with Gasteiger partial charge in [-0.2, -0.15) is 10.4 Å². The number of nitriles is 1. The number of rotatable bonds is 3. The number of nitrogens with zero attached hydrogens (tertiary/aromatic N) is 4. The highest BCUT2D eigenvalue weighted by molar-refractivity contribution is 5.57. The Bertz CT molecular complexity index is 977. The van der Waals surface area contributed by atoms with Gasteiger partial charge in [0.2, 0.25) is 5.88 Å². The van der Waals surface area contributed by atoms with Crippen molar-refractivity contribution in [2.75, 3.05) is 0 Å². The SMILES string of the molecule is Cc1ccc(N=Nc2c(C)c(C#N)c(O)n(C3CCCC3)c2=O)c(C)c1. The van der Waals surface area contributed by atoms with Crippen LogP contribution in [0.2, 0.25) is 0 Å². The second-order valence-electron chi connectivity index (χ2n) is 6.89. The maximum atomic E-state index is 13.0. The van der Waals surface area contributed by atoms with Gasteiger partial charge in [-0.25, -0.2) is 0 Å². The molecule has 1 fully saturated rings. The first-order chi connectivity index (χ1) is 12.4. The number of hydrogen-bond donors (Lipinski definition) is 1. The van der Waals surface area contributed by atoms with Gasteiger partial charge in [0.25, 0.3) is 5.56 Å². The van der Waals surface area contributed by atoms with E-state index in [4.69, 9.17) is 0 Å². The lowest BCUT2D eigenvalue weighted by Gasteiger charge is -2.18. The summed E-state index contributed by atoms with van der Waals surface area (Å²) in [5.41, 5.74) is 2.93. The quantitative estimate of drug-likeness (QED) is 0.800. The first-order valence-corrected chi connectivity index (χ1v) is 8.81. The van der Waals surface area contributed by atoms with Crippen LogP contribution in [0.3, 0.4) is 0 Å². The van der Waals surface area contributed by atoms with Crippen molar-refractivity contribution in [2.45, 2.75) is 52.5 Å². The topological polar surface area (TPSA) is 90.7 Å². The maximum Gasteiger partial charge on any atom is 0.281 e. The van der Waals surface area contributed by atoms with Crippen molar-refractivity contribution >= 4 is 11.4 Å². The number of aromatic hydroxyl groups is 1. The van der Waals surface area contributed by atoms with E-state index < -0.39 is 0 Å². The molecule has 0 radical (unpaired) electrons. The summed E-state index contributed by atoms with van der Waals surface area (Å²) in [6, 6.07) is 7.69. The Morgan fingerprint density at radius 2 is 1.88 bits per heavy atom. The van der Waals surface area contributed by atoms with Crippen LogP contribution in [-0.4, -0.2) is 9.67 Å². The third-order valence-electron chi connectivity index (χ3n) is 5.02. The van der Waals surface area contributed by atoms with E-state index in [1.54, 1.807) is 6.92 Å². The number of hydrogen-bond acceptors (Lipinski definition) is 5. The molecule has 1 aliphatic rings. The molecule has 0 spiro atoms. The third-order valence-corrected chi connectivity index (χ3v) is 5.02.